The smallest absolute Gasteiger partial charge is 0.124 e. The van der Waals surface area contributed by atoms with Crippen molar-refractivity contribution < 1.29 is 4.74 Å². The fraction of sp³-hybridized carbons (Fsp3) is 0.625. The van der Waals surface area contributed by atoms with Gasteiger partial charge >= 0.3 is 0 Å². The van der Waals surface area contributed by atoms with Crippen molar-refractivity contribution in [2.45, 2.75) is 52.2 Å². The van der Waals surface area contributed by atoms with Gasteiger partial charge in [0.05, 0.1) is 6.10 Å². The minimum Gasteiger partial charge on any atom is -0.490 e. The van der Waals surface area contributed by atoms with E-state index in [1.54, 1.807) is 0 Å². The summed E-state index contributed by atoms with van der Waals surface area (Å²) in [5.74, 6) is 1.72. The summed E-state index contributed by atoms with van der Waals surface area (Å²) in [5.41, 5.74) is 1.25. The summed E-state index contributed by atoms with van der Waals surface area (Å²) >= 11 is 3.55. The second kappa shape index (κ2) is 7.30. The van der Waals surface area contributed by atoms with E-state index in [0.29, 0.717) is 12.0 Å². The summed E-state index contributed by atoms with van der Waals surface area (Å²) in [6.07, 6.45) is 5.44. The van der Waals surface area contributed by atoms with Gasteiger partial charge in [-0.1, -0.05) is 29.8 Å². The predicted molar refractivity (Wildman–Crippen MR) is 83.6 cm³/mol. The zero-order chi connectivity index (χ0) is 13.7. The summed E-state index contributed by atoms with van der Waals surface area (Å²) in [5, 5.41) is 3.49. The Morgan fingerprint density at radius 1 is 1.32 bits per heavy atom. The first-order valence-corrected chi connectivity index (χ1v) is 8.10. The van der Waals surface area contributed by atoms with E-state index in [1.165, 1.54) is 31.2 Å². The fourth-order valence-corrected chi connectivity index (χ4v) is 2.89. The van der Waals surface area contributed by atoms with Gasteiger partial charge in [0.1, 0.15) is 5.75 Å². The molecule has 2 rings (SSSR count). The summed E-state index contributed by atoms with van der Waals surface area (Å²) < 4.78 is 7.28. The van der Waals surface area contributed by atoms with Crippen LogP contribution in [0.15, 0.2) is 22.7 Å². The van der Waals surface area contributed by atoms with Crippen molar-refractivity contribution in [1.29, 1.82) is 0 Å². The molecule has 0 aromatic heterocycles. The van der Waals surface area contributed by atoms with Crippen molar-refractivity contribution in [3.05, 3.63) is 28.2 Å². The number of benzene rings is 1. The maximum absolute atomic E-state index is 6.16. The van der Waals surface area contributed by atoms with Gasteiger partial charge in [-0.05, 0) is 56.3 Å². The molecule has 1 saturated carbocycles. The quantitative estimate of drug-likeness (QED) is 0.830. The molecule has 19 heavy (non-hydrogen) atoms. The minimum absolute atomic E-state index is 0.421. The number of rotatable bonds is 6. The average Bonchev–Trinajstić information content (AvgIpc) is 2.85. The Hall–Kier alpha value is -0.540. The lowest BCUT2D eigenvalue weighted by atomic mass is 10.1. The highest BCUT2D eigenvalue weighted by atomic mass is 79.9. The molecule has 1 fully saturated rings. The van der Waals surface area contributed by atoms with Crippen molar-refractivity contribution in [3.63, 3.8) is 0 Å². The molecule has 2 nitrogen and oxygen atoms in total. The number of ether oxygens (including phenoxy) is 1. The van der Waals surface area contributed by atoms with E-state index < -0.39 is 0 Å². The molecular weight excluding hydrogens is 302 g/mol. The molecule has 0 unspecified atom stereocenters. The SMILES string of the molecule is CC(C)CNCc1cc(Br)ccc1OC1CCCC1. The molecule has 1 aromatic carbocycles. The Morgan fingerprint density at radius 2 is 2.05 bits per heavy atom. The van der Waals surface area contributed by atoms with Crippen molar-refractivity contribution in [2.75, 3.05) is 6.54 Å². The predicted octanol–water partition coefficient (Wildman–Crippen LogP) is 4.52. The van der Waals surface area contributed by atoms with Gasteiger partial charge in [-0.15, -0.1) is 0 Å². The van der Waals surface area contributed by atoms with E-state index in [9.17, 15) is 0 Å². The zero-order valence-electron chi connectivity index (χ0n) is 11.9. The molecule has 0 spiro atoms. The Morgan fingerprint density at radius 3 is 2.74 bits per heavy atom. The molecule has 0 aliphatic heterocycles. The van der Waals surface area contributed by atoms with Crippen LogP contribution in [0.25, 0.3) is 0 Å². The van der Waals surface area contributed by atoms with Crippen LogP contribution in [0.4, 0.5) is 0 Å². The molecule has 1 aliphatic carbocycles. The summed E-state index contributed by atoms with van der Waals surface area (Å²) in [7, 11) is 0. The van der Waals surface area contributed by atoms with Crippen LogP contribution in [0.5, 0.6) is 5.75 Å². The van der Waals surface area contributed by atoms with E-state index in [-0.39, 0.29) is 0 Å². The third kappa shape index (κ3) is 4.81. The Labute approximate surface area is 125 Å². The lowest BCUT2D eigenvalue weighted by Crippen LogP contribution is -2.20. The van der Waals surface area contributed by atoms with Crippen LogP contribution < -0.4 is 10.1 Å². The first-order valence-electron chi connectivity index (χ1n) is 7.31. The summed E-state index contributed by atoms with van der Waals surface area (Å²) in [4.78, 5) is 0. The van der Waals surface area contributed by atoms with Crippen LogP contribution in [0.1, 0.15) is 45.1 Å². The maximum Gasteiger partial charge on any atom is 0.124 e. The monoisotopic (exact) mass is 325 g/mol. The van der Waals surface area contributed by atoms with E-state index in [4.69, 9.17) is 4.74 Å². The van der Waals surface area contributed by atoms with Gasteiger partial charge in [0.2, 0.25) is 0 Å². The van der Waals surface area contributed by atoms with E-state index in [1.807, 2.05) is 0 Å². The number of hydrogen-bond acceptors (Lipinski definition) is 2. The van der Waals surface area contributed by atoms with Gasteiger partial charge in [0.25, 0.3) is 0 Å². The van der Waals surface area contributed by atoms with E-state index >= 15 is 0 Å². The van der Waals surface area contributed by atoms with Crippen LogP contribution in [0.2, 0.25) is 0 Å². The molecule has 0 amide bonds. The van der Waals surface area contributed by atoms with Crippen LogP contribution in [0, 0.1) is 5.92 Å². The Balaban J connectivity index is 1.99. The Bertz CT molecular complexity index is 400. The molecule has 3 heteroatoms. The number of hydrogen-bond donors (Lipinski definition) is 1. The van der Waals surface area contributed by atoms with Crippen molar-refractivity contribution in [2.24, 2.45) is 5.92 Å². The number of halogens is 1. The second-order valence-corrected chi connectivity index (χ2v) is 6.72. The molecular formula is C16H24BrNO. The normalized spacial score (nSPS) is 16.2. The van der Waals surface area contributed by atoms with E-state index in [0.717, 1.165) is 23.3 Å². The number of nitrogens with one attached hydrogen (secondary N) is 1. The van der Waals surface area contributed by atoms with Gasteiger partial charge in [-0.2, -0.15) is 0 Å². The highest BCUT2D eigenvalue weighted by Crippen LogP contribution is 2.28. The highest BCUT2D eigenvalue weighted by molar-refractivity contribution is 9.10. The molecule has 1 N–H and O–H groups in total. The van der Waals surface area contributed by atoms with Gasteiger partial charge in [-0.3, -0.25) is 0 Å². The van der Waals surface area contributed by atoms with E-state index in [2.05, 4.69) is 53.3 Å². The lowest BCUT2D eigenvalue weighted by molar-refractivity contribution is 0.207. The standard InChI is InChI=1S/C16H24BrNO/c1-12(2)10-18-11-13-9-14(17)7-8-16(13)19-15-5-3-4-6-15/h7-9,12,15,18H,3-6,10-11H2,1-2H3. The molecule has 106 valence electrons. The van der Waals surface area contributed by atoms with Gasteiger partial charge < -0.3 is 10.1 Å². The molecule has 1 aliphatic rings. The van der Waals surface area contributed by atoms with Crippen molar-refractivity contribution in [1.82, 2.24) is 5.32 Å². The van der Waals surface area contributed by atoms with Gasteiger partial charge in [0, 0.05) is 16.6 Å². The molecule has 0 heterocycles. The van der Waals surface area contributed by atoms with Gasteiger partial charge in [-0.25, -0.2) is 0 Å². The van der Waals surface area contributed by atoms with Crippen LogP contribution >= 0.6 is 15.9 Å². The zero-order valence-corrected chi connectivity index (χ0v) is 13.5. The maximum atomic E-state index is 6.16. The molecule has 0 saturated heterocycles. The largest absolute Gasteiger partial charge is 0.490 e. The first-order chi connectivity index (χ1) is 9.15. The summed E-state index contributed by atoms with van der Waals surface area (Å²) in [6.45, 7) is 6.36. The molecule has 1 aromatic rings. The van der Waals surface area contributed by atoms with Gasteiger partial charge in [0.15, 0.2) is 0 Å². The molecule has 0 atom stereocenters. The van der Waals surface area contributed by atoms with Crippen LogP contribution in [-0.2, 0) is 6.54 Å². The Kier molecular flexibility index (Phi) is 5.71. The second-order valence-electron chi connectivity index (χ2n) is 5.80. The summed E-state index contributed by atoms with van der Waals surface area (Å²) in [6, 6.07) is 6.32. The lowest BCUT2D eigenvalue weighted by Gasteiger charge is -2.17. The van der Waals surface area contributed by atoms with Crippen LogP contribution in [-0.4, -0.2) is 12.6 Å². The van der Waals surface area contributed by atoms with Crippen molar-refractivity contribution >= 4 is 15.9 Å². The third-order valence-electron chi connectivity index (χ3n) is 3.49. The average molecular weight is 326 g/mol. The topological polar surface area (TPSA) is 21.3 Å². The fourth-order valence-electron chi connectivity index (χ4n) is 2.48. The highest BCUT2D eigenvalue weighted by Gasteiger charge is 2.17. The van der Waals surface area contributed by atoms with Crippen LogP contribution in [0.3, 0.4) is 0 Å². The molecule has 0 bridgehead atoms. The first kappa shape index (κ1) is 14.9. The third-order valence-corrected chi connectivity index (χ3v) is 3.98. The van der Waals surface area contributed by atoms with Crippen molar-refractivity contribution in [3.8, 4) is 5.75 Å². The minimum atomic E-state index is 0.421. The molecule has 0 radical (unpaired) electrons.